The summed E-state index contributed by atoms with van der Waals surface area (Å²) in [5.41, 5.74) is 0.712. The zero-order valence-corrected chi connectivity index (χ0v) is 14.2. The Balaban J connectivity index is 1.99. The van der Waals surface area contributed by atoms with Crippen molar-refractivity contribution in [2.24, 2.45) is 5.92 Å². The molecular formula is C16H21ClN2O2S. The first-order valence-electron chi connectivity index (χ1n) is 7.31. The summed E-state index contributed by atoms with van der Waals surface area (Å²) in [6, 6.07) is 5.19. The molecule has 4 nitrogen and oxygen atoms in total. The van der Waals surface area contributed by atoms with Gasteiger partial charge in [-0.1, -0.05) is 37.6 Å². The molecular weight excluding hydrogens is 320 g/mol. The molecule has 0 aliphatic heterocycles. The van der Waals surface area contributed by atoms with Gasteiger partial charge >= 0.3 is 6.03 Å². The average molecular weight is 341 g/mol. The van der Waals surface area contributed by atoms with Crippen LogP contribution in [0.2, 0.25) is 5.02 Å². The lowest BCUT2D eigenvalue weighted by atomic mass is 10.1. The Morgan fingerprint density at radius 2 is 2.23 bits per heavy atom. The van der Waals surface area contributed by atoms with Crippen LogP contribution in [0.5, 0.6) is 0 Å². The van der Waals surface area contributed by atoms with E-state index in [0.717, 1.165) is 11.3 Å². The molecule has 0 radical (unpaired) electrons. The minimum absolute atomic E-state index is 0.0439. The molecule has 1 aromatic rings. The highest BCUT2D eigenvalue weighted by Gasteiger charge is 2.20. The van der Waals surface area contributed by atoms with Gasteiger partial charge in [-0.15, -0.1) is 11.8 Å². The van der Waals surface area contributed by atoms with Crippen LogP contribution >= 0.6 is 23.4 Å². The molecule has 1 aromatic carbocycles. The van der Waals surface area contributed by atoms with E-state index in [1.807, 2.05) is 24.3 Å². The van der Waals surface area contributed by atoms with Gasteiger partial charge in [-0.05, 0) is 24.6 Å². The summed E-state index contributed by atoms with van der Waals surface area (Å²) in [4.78, 5) is 13.1. The summed E-state index contributed by atoms with van der Waals surface area (Å²) in [5, 5.41) is 15.9. The maximum Gasteiger partial charge on any atom is 0.319 e. The Morgan fingerprint density at radius 1 is 1.45 bits per heavy atom. The molecule has 120 valence electrons. The number of hydrogen-bond donors (Lipinski definition) is 3. The maximum absolute atomic E-state index is 12.1. The van der Waals surface area contributed by atoms with E-state index in [4.69, 9.17) is 16.7 Å². The lowest BCUT2D eigenvalue weighted by molar-refractivity contribution is 0.238. The molecule has 0 unspecified atom stereocenters. The lowest BCUT2D eigenvalue weighted by Crippen LogP contribution is -2.36. The van der Waals surface area contributed by atoms with E-state index < -0.39 is 0 Å². The van der Waals surface area contributed by atoms with Crippen molar-refractivity contribution < 1.29 is 9.90 Å². The zero-order valence-electron chi connectivity index (χ0n) is 12.7. The molecule has 1 aliphatic rings. The molecule has 0 heterocycles. The van der Waals surface area contributed by atoms with Crippen molar-refractivity contribution in [2.75, 3.05) is 11.9 Å². The fourth-order valence-corrected chi connectivity index (χ4v) is 3.36. The molecule has 6 heteroatoms. The highest BCUT2D eigenvalue weighted by molar-refractivity contribution is 8.00. The molecule has 0 aromatic heterocycles. The Labute approximate surface area is 140 Å². The summed E-state index contributed by atoms with van der Waals surface area (Å²) in [6.45, 7) is 4.31. The number of aliphatic hydroxyl groups is 1. The molecule has 2 atom stereocenters. The maximum atomic E-state index is 12.1. The Kier molecular flexibility index (Phi) is 6.17. The van der Waals surface area contributed by atoms with Crippen LogP contribution in [0, 0.1) is 5.92 Å². The van der Waals surface area contributed by atoms with Crippen LogP contribution in [0.4, 0.5) is 10.5 Å². The van der Waals surface area contributed by atoms with Crippen molar-refractivity contribution in [3.63, 3.8) is 0 Å². The third kappa shape index (κ3) is 4.93. The fourth-order valence-electron chi connectivity index (χ4n) is 2.30. The van der Waals surface area contributed by atoms with Gasteiger partial charge in [0.2, 0.25) is 0 Å². The first-order valence-corrected chi connectivity index (χ1v) is 8.56. The van der Waals surface area contributed by atoms with Gasteiger partial charge in [0.15, 0.2) is 0 Å². The van der Waals surface area contributed by atoms with Crippen LogP contribution in [0.1, 0.15) is 20.3 Å². The predicted octanol–water partition coefficient (Wildman–Crippen LogP) is 3.90. The first kappa shape index (κ1) is 17.2. The Hall–Kier alpha value is -1.17. The molecule has 0 fully saturated rings. The van der Waals surface area contributed by atoms with Crippen LogP contribution in [0.15, 0.2) is 35.2 Å². The van der Waals surface area contributed by atoms with Crippen molar-refractivity contribution in [3.8, 4) is 0 Å². The van der Waals surface area contributed by atoms with Crippen LogP contribution in [0.3, 0.4) is 0 Å². The first-order chi connectivity index (χ1) is 10.5. The summed E-state index contributed by atoms with van der Waals surface area (Å²) in [7, 11) is 0. The highest BCUT2D eigenvalue weighted by Crippen LogP contribution is 2.32. The normalized spacial score (nSPS) is 20.4. The number of halogens is 1. The number of thioether (sulfide) groups is 1. The smallest absolute Gasteiger partial charge is 0.319 e. The topological polar surface area (TPSA) is 61.4 Å². The molecule has 2 rings (SSSR count). The van der Waals surface area contributed by atoms with Crippen LogP contribution in [0.25, 0.3) is 0 Å². The van der Waals surface area contributed by atoms with E-state index in [1.165, 1.54) is 0 Å². The number of urea groups is 1. The third-order valence-corrected chi connectivity index (χ3v) is 4.59. The van der Waals surface area contributed by atoms with Gasteiger partial charge in [0, 0.05) is 33.7 Å². The summed E-state index contributed by atoms with van der Waals surface area (Å²) in [5.74, 6) is 0.128. The average Bonchev–Trinajstić information content (AvgIpc) is 2.89. The number of benzene rings is 1. The molecule has 0 saturated carbocycles. The Morgan fingerprint density at radius 3 is 2.86 bits per heavy atom. The Bertz CT molecular complexity index is 563. The minimum atomic E-state index is -0.263. The number of amides is 2. The standard InChI is InChI=1S/C16H21ClN2O2S/c1-10(2)22-15-6-4-12(17)8-14(15)19-16(21)18-13-5-3-11(7-13)9-20/h3-6,8,10-11,13,20H,7,9H2,1-2H3,(H2,18,19,21)/t11-,13+/m0/s1. The quantitative estimate of drug-likeness (QED) is 0.562. The zero-order chi connectivity index (χ0) is 16.1. The van der Waals surface area contributed by atoms with E-state index >= 15 is 0 Å². The molecule has 0 bridgehead atoms. The number of carbonyl (C=O) groups is 1. The van der Waals surface area contributed by atoms with Gasteiger partial charge in [-0.3, -0.25) is 0 Å². The van der Waals surface area contributed by atoms with Crippen molar-refractivity contribution >= 4 is 35.1 Å². The lowest BCUT2D eigenvalue weighted by Gasteiger charge is -2.16. The number of aliphatic hydroxyl groups excluding tert-OH is 1. The molecule has 0 saturated heterocycles. The molecule has 2 amide bonds. The van der Waals surface area contributed by atoms with Gasteiger partial charge < -0.3 is 15.7 Å². The van der Waals surface area contributed by atoms with Crippen molar-refractivity contribution in [2.45, 2.75) is 36.5 Å². The second kappa shape index (κ2) is 7.90. The molecule has 22 heavy (non-hydrogen) atoms. The van der Waals surface area contributed by atoms with Crippen molar-refractivity contribution in [1.82, 2.24) is 5.32 Å². The van der Waals surface area contributed by atoms with E-state index in [0.29, 0.717) is 16.0 Å². The van der Waals surface area contributed by atoms with E-state index in [9.17, 15) is 4.79 Å². The summed E-state index contributed by atoms with van der Waals surface area (Å²) in [6.07, 6.45) is 4.58. The number of anilines is 1. The fraction of sp³-hybridized carbons (Fsp3) is 0.438. The number of rotatable bonds is 5. The molecule has 0 spiro atoms. The summed E-state index contributed by atoms with van der Waals surface area (Å²) < 4.78 is 0. The van der Waals surface area contributed by atoms with Crippen LogP contribution in [-0.4, -0.2) is 29.0 Å². The van der Waals surface area contributed by atoms with Crippen LogP contribution in [-0.2, 0) is 0 Å². The second-order valence-electron chi connectivity index (χ2n) is 5.58. The number of nitrogens with one attached hydrogen (secondary N) is 2. The second-order valence-corrected chi connectivity index (χ2v) is 7.63. The molecule has 1 aliphatic carbocycles. The number of carbonyl (C=O) groups excluding carboxylic acids is 1. The number of hydrogen-bond acceptors (Lipinski definition) is 3. The third-order valence-electron chi connectivity index (χ3n) is 3.28. The van der Waals surface area contributed by atoms with Crippen molar-refractivity contribution in [3.05, 3.63) is 35.4 Å². The minimum Gasteiger partial charge on any atom is -0.396 e. The van der Waals surface area contributed by atoms with Crippen LogP contribution < -0.4 is 10.6 Å². The van der Waals surface area contributed by atoms with E-state index in [2.05, 4.69) is 24.5 Å². The monoisotopic (exact) mass is 340 g/mol. The van der Waals surface area contributed by atoms with E-state index in [1.54, 1.807) is 17.8 Å². The predicted molar refractivity (Wildman–Crippen MR) is 92.7 cm³/mol. The largest absolute Gasteiger partial charge is 0.396 e. The van der Waals surface area contributed by atoms with Gasteiger partial charge in [0.05, 0.1) is 5.69 Å². The van der Waals surface area contributed by atoms with Crippen molar-refractivity contribution in [1.29, 1.82) is 0 Å². The van der Waals surface area contributed by atoms with Gasteiger partial charge in [-0.2, -0.15) is 0 Å². The van der Waals surface area contributed by atoms with Gasteiger partial charge in [0.25, 0.3) is 0 Å². The van der Waals surface area contributed by atoms with Gasteiger partial charge in [-0.25, -0.2) is 4.79 Å². The molecule has 3 N–H and O–H groups in total. The summed E-state index contributed by atoms with van der Waals surface area (Å²) >= 11 is 7.70. The van der Waals surface area contributed by atoms with Gasteiger partial charge in [0.1, 0.15) is 0 Å². The highest BCUT2D eigenvalue weighted by atomic mass is 35.5. The van der Waals surface area contributed by atoms with E-state index in [-0.39, 0.29) is 24.6 Å². The SMILES string of the molecule is CC(C)Sc1ccc(Cl)cc1NC(=O)N[C@@H]1C=C[C@H](CO)C1.